The first kappa shape index (κ1) is 14.6. The molecule has 0 aliphatic carbocycles. The minimum absolute atomic E-state index is 0.0131. The molecular formula is C9H15N3O5S. The van der Waals surface area contributed by atoms with Crippen molar-refractivity contribution >= 4 is 10.0 Å². The third-order valence-electron chi connectivity index (χ3n) is 2.12. The van der Waals surface area contributed by atoms with E-state index in [-0.39, 0.29) is 12.3 Å². The number of nitrogens with one attached hydrogen (secondary N) is 3. The molecule has 18 heavy (non-hydrogen) atoms. The Bertz CT molecular complexity index is 630. The van der Waals surface area contributed by atoms with Gasteiger partial charge in [-0.05, 0) is 13.8 Å². The average molecular weight is 277 g/mol. The molecule has 0 amide bonds. The summed E-state index contributed by atoms with van der Waals surface area (Å²) in [7, 11) is -2.57. The van der Waals surface area contributed by atoms with Crippen molar-refractivity contribution in [2.24, 2.45) is 0 Å². The number of H-pyrrole nitrogens is 2. The Hall–Kier alpha value is -1.45. The SMILES string of the molecule is COC[C@@H](C)NS(=O)(=O)c1c(C)[nH]c(=O)[nH]c1=O. The molecule has 0 spiro atoms. The fourth-order valence-electron chi connectivity index (χ4n) is 1.52. The molecule has 1 rings (SSSR count). The molecule has 0 radical (unpaired) electrons. The molecule has 0 bridgehead atoms. The number of aromatic nitrogens is 2. The first-order valence-electron chi connectivity index (χ1n) is 5.12. The topological polar surface area (TPSA) is 121 Å². The maximum Gasteiger partial charge on any atom is 0.325 e. The minimum Gasteiger partial charge on any atom is -0.383 e. The number of methoxy groups -OCH3 is 1. The van der Waals surface area contributed by atoms with Crippen LogP contribution in [0.15, 0.2) is 14.5 Å². The Morgan fingerprint density at radius 1 is 1.33 bits per heavy atom. The zero-order valence-electron chi connectivity index (χ0n) is 10.2. The van der Waals surface area contributed by atoms with Crippen molar-refractivity contribution in [2.45, 2.75) is 24.8 Å². The average Bonchev–Trinajstić information content (AvgIpc) is 2.13. The predicted molar refractivity (Wildman–Crippen MR) is 64.1 cm³/mol. The van der Waals surface area contributed by atoms with E-state index < -0.39 is 32.2 Å². The van der Waals surface area contributed by atoms with E-state index in [0.29, 0.717) is 0 Å². The Morgan fingerprint density at radius 2 is 1.94 bits per heavy atom. The Kier molecular flexibility index (Phi) is 4.43. The van der Waals surface area contributed by atoms with Gasteiger partial charge in [0.15, 0.2) is 4.90 Å². The van der Waals surface area contributed by atoms with Crippen LogP contribution >= 0.6 is 0 Å². The molecule has 0 saturated heterocycles. The molecule has 102 valence electrons. The van der Waals surface area contributed by atoms with Crippen LogP contribution in [-0.2, 0) is 14.8 Å². The molecule has 3 N–H and O–H groups in total. The molecule has 0 unspecified atom stereocenters. The van der Waals surface area contributed by atoms with Gasteiger partial charge in [0, 0.05) is 18.8 Å². The van der Waals surface area contributed by atoms with E-state index in [1.165, 1.54) is 14.0 Å². The van der Waals surface area contributed by atoms with Crippen molar-refractivity contribution < 1.29 is 13.2 Å². The highest BCUT2D eigenvalue weighted by molar-refractivity contribution is 7.89. The van der Waals surface area contributed by atoms with Gasteiger partial charge in [-0.3, -0.25) is 9.78 Å². The van der Waals surface area contributed by atoms with Crippen LogP contribution in [-0.4, -0.2) is 38.1 Å². The van der Waals surface area contributed by atoms with Crippen molar-refractivity contribution in [3.63, 3.8) is 0 Å². The number of aryl methyl sites for hydroxylation is 1. The molecule has 0 fully saturated rings. The van der Waals surface area contributed by atoms with E-state index in [1.54, 1.807) is 6.92 Å². The van der Waals surface area contributed by atoms with Gasteiger partial charge in [0.1, 0.15) is 0 Å². The standard InChI is InChI=1S/C9H15N3O5S/c1-5(4-17-3)12-18(15,16)7-6(2)10-9(14)11-8(7)13/h5,12H,4H2,1-3H3,(H2,10,11,13,14)/t5-/m1/s1. The maximum atomic E-state index is 12.0. The highest BCUT2D eigenvalue weighted by atomic mass is 32.2. The highest BCUT2D eigenvalue weighted by Crippen LogP contribution is 2.05. The monoisotopic (exact) mass is 277 g/mol. The van der Waals surface area contributed by atoms with Gasteiger partial charge in [0.2, 0.25) is 10.0 Å². The summed E-state index contributed by atoms with van der Waals surface area (Å²) in [6.45, 7) is 3.10. The largest absolute Gasteiger partial charge is 0.383 e. The number of hydrogen-bond donors (Lipinski definition) is 3. The zero-order valence-corrected chi connectivity index (χ0v) is 11.1. The quantitative estimate of drug-likeness (QED) is 0.616. The molecule has 1 aromatic rings. The van der Waals surface area contributed by atoms with Gasteiger partial charge in [0.05, 0.1) is 6.61 Å². The third-order valence-corrected chi connectivity index (χ3v) is 3.86. The Balaban J connectivity index is 3.22. The number of ether oxygens (including phenoxy) is 1. The second kappa shape index (κ2) is 5.46. The number of sulfonamides is 1. The first-order valence-corrected chi connectivity index (χ1v) is 6.60. The lowest BCUT2D eigenvalue weighted by atomic mass is 10.4. The highest BCUT2D eigenvalue weighted by Gasteiger charge is 2.23. The van der Waals surface area contributed by atoms with Gasteiger partial charge in [-0.25, -0.2) is 17.9 Å². The minimum atomic E-state index is -4.00. The summed E-state index contributed by atoms with van der Waals surface area (Å²) in [5.74, 6) is 0. The summed E-state index contributed by atoms with van der Waals surface area (Å²) in [5.41, 5.74) is -1.71. The molecule has 0 saturated carbocycles. The van der Waals surface area contributed by atoms with Gasteiger partial charge >= 0.3 is 5.69 Å². The summed E-state index contributed by atoms with van der Waals surface area (Å²) >= 11 is 0. The van der Waals surface area contributed by atoms with E-state index in [2.05, 4.69) is 9.71 Å². The molecule has 1 heterocycles. The third kappa shape index (κ3) is 3.28. The van der Waals surface area contributed by atoms with Crippen molar-refractivity contribution in [2.75, 3.05) is 13.7 Å². The normalized spacial score (nSPS) is 13.5. The van der Waals surface area contributed by atoms with E-state index in [9.17, 15) is 18.0 Å². The molecule has 1 aromatic heterocycles. The van der Waals surface area contributed by atoms with Crippen LogP contribution in [0.5, 0.6) is 0 Å². The lowest BCUT2D eigenvalue weighted by Crippen LogP contribution is -2.40. The van der Waals surface area contributed by atoms with E-state index in [4.69, 9.17) is 4.74 Å². The van der Waals surface area contributed by atoms with Crippen LogP contribution in [0.3, 0.4) is 0 Å². The van der Waals surface area contributed by atoms with E-state index in [0.717, 1.165) is 0 Å². The maximum absolute atomic E-state index is 12.0. The van der Waals surface area contributed by atoms with Crippen molar-refractivity contribution in [1.29, 1.82) is 0 Å². The van der Waals surface area contributed by atoms with Crippen LogP contribution in [0.4, 0.5) is 0 Å². The summed E-state index contributed by atoms with van der Waals surface area (Å²) in [4.78, 5) is 26.1. The van der Waals surface area contributed by atoms with Gasteiger partial charge in [-0.15, -0.1) is 0 Å². The molecule has 1 atom stereocenters. The van der Waals surface area contributed by atoms with Crippen molar-refractivity contribution in [3.8, 4) is 0 Å². The van der Waals surface area contributed by atoms with Crippen LogP contribution < -0.4 is 16.0 Å². The smallest absolute Gasteiger partial charge is 0.325 e. The lowest BCUT2D eigenvalue weighted by molar-refractivity contribution is 0.180. The van der Waals surface area contributed by atoms with Crippen molar-refractivity contribution in [3.05, 3.63) is 26.5 Å². The van der Waals surface area contributed by atoms with Crippen LogP contribution in [0.1, 0.15) is 12.6 Å². The number of hydrogen-bond acceptors (Lipinski definition) is 5. The molecular weight excluding hydrogens is 262 g/mol. The summed E-state index contributed by atoms with van der Waals surface area (Å²) < 4.78 is 31.0. The van der Waals surface area contributed by atoms with Crippen LogP contribution in [0, 0.1) is 6.92 Å². The van der Waals surface area contributed by atoms with Crippen LogP contribution in [0.25, 0.3) is 0 Å². The first-order chi connectivity index (χ1) is 8.27. The van der Waals surface area contributed by atoms with Gasteiger partial charge in [0.25, 0.3) is 5.56 Å². The van der Waals surface area contributed by atoms with E-state index >= 15 is 0 Å². The molecule has 0 aliphatic heterocycles. The lowest BCUT2D eigenvalue weighted by Gasteiger charge is -2.13. The fourth-order valence-corrected chi connectivity index (χ4v) is 2.98. The number of rotatable bonds is 5. The van der Waals surface area contributed by atoms with Gasteiger partial charge < -0.3 is 9.72 Å². The predicted octanol–water partition coefficient (Wildman–Crippen LogP) is -1.32. The summed E-state index contributed by atoms with van der Waals surface area (Å²) in [6.07, 6.45) is 0. The molecule has 0 aliphatic rings. The molecule has 8 nitrogen and oxygen atoms in total. The Labute approximate surface area is 103 Å². The molecule has 0 aromatic carbocycles. The molecule has 9 heteroatoms. The summed E-state index contributed by atoms with van der Waals surface area (Å²) in [6, 6.07) is -0.495. The van der Waals surface area contributed by atoms with E-state index in [1.807, 2.05) is 4.98 Å². The zero-order chi connectivity index (χ0) is 13.9. The number of aromatic amines is 2. The van der Waals surface area contributed by atoms with Crippen molar-refractivity contribution in [1.82, 2.24) is 14.7 Å². The second-order valence-corrected chi connectivity index (χ2v) is 5.49. The summed E-state index contributed by atoms with van der Waals surface area (Å²) in [5, 5.41) is 0. The van der Waals surface area contributed by atoms with Gasteiger partial charge in [-0.2, -0.15) is 0 Å². The fraction of sp³-hybridized carbons (Fsp3) is 0.556. The Morgan fingerprint density at radius 3 is 2.44 bits per heavy atom. The van der Waals surface area contributed by atoms with Gasteiger partial charge in [-0.1, -0.05) is 0 Å². The second-order valence-electron chi connectivity index (χ2n) is 3.84. The van der Waals surface area contributed by atoms with Crippen LogP contribution in [0.2, 0.25) is 0 Å².